The summed E-state index contributed by atoms with van der Waals surface area (Å²) in [5.74, 6) is 0.217. The highest BCUT2D eigenvalue weighted by molar-refractivity contribution is 5.93. The van der Waals surface area contributed by atoms with E-state index in [2.05, 4.69) is 5.32 Å². The Bertz CT molecular complexity index is 816. The number of benzene rings is 2. The topological polar surface area (TPSA) is 73.9 Å². The molecule has 0 spiro atoms. The number of fused-ring (bicyclic) bond motifs is 1. The molecule has 2 aromatic carbocycles. The number of amides is 1. The van der Waals surface area contributed by atoms with Crippen molar-refractivity contribution in [3.05, 3.63) is 59.7 Å². The molecule has 1 N–H and O–H groups in total. The Hall–Kier alpha value is -3.02. The van der Waals surface area contributed by atoms with Gasteiger partial charge in [-0.05, 0) is 31.0 Å². The number of esters is 1. The lowest BCUT2D eigenvalue weighted by Crippen LogP contribution is -2.33. The zero-order valence-electron chi connectivity index (χ0n) is 14.1. The number of hydrogen-bond acceptors (Lipinski definition) is 5. The third-order valence-corrected chi connectivity index (χ3v) is 4.27. The van der Waals surface area contributed by atoms with Crippen LogP contribution >= 0.6 is 0 Å². The quantitative estimate of drug-likeness (QED) is 0.837. The molecule has 4 rings (SSSR count). The summed E-state index contributed by atoms with van der Waals surface area (Å²) < 4.78 is 16.5. The summed E-state index contributed by atoms with van der Waals surface area (Å²) >= 11 is 0. The zero-order valence-corrected chi connectivity index (χ0v) is 14.1. The van der Waals surface area contributed by atoms with E-state index in [0.29, 0.717) is 35.8 Å². The summed E-state index contributed by atoms with van der Waals surface area (Å²) in [6.07, 6.45) is 0.935. The van der Waals surface area contributed by atoms with Crippen LogP contribution < -0.4 is 14.8 Å². The number of carbonyl (C=O) groups is 2. The second kappa shape index (κ2) is 7.07. The largest absolute Gasteiger partial charge is 0.486 e. The van der Waals surface area contributed by atoms with Crippen molar-refractivity contribution in [3.8, 4) is 11.5 Å². The van der Waals surface area contributed by atoms with Gasteiger partial charge in [0.15, 0.2) is 11.5 Å². The molecule has 6 heteroatoms. The smallest absolute Gasteiger partial charge is 0.339 e. The summed E-state index contributed by atoms with van der Waals surface area (Å²) in [7, 11) is 0. The van der Waals surface area contributed by atoms with Gasteiger partial charge < -0.3 is 19.5 Å². The SMILES string of the molecule is O=C(OC(C(=O)NC1CC1)c1ccccc1)c1ccc2c(c1)OCCO2. The number of rotatable bonds is 5. The first-order valence-corrected chi connectivity index (χ1v) is 8.66. The fourth-order valence-corrected chi connectivity index (χ4v) is 2.75. The Balaban J connectivity index is 1.54. The maximum atomic E-state index is 12.6. The van der Waals surface area contributed by atoms with Crippen LogP contribution in [-0.2, 0) is 9.53 Å². The van der Waals surface area contributed by atoms with E-state index in [-0.39, 0.29) is 11.9 Å². The maximum absolute atomic E-state index is 12.6. The van der Waals surface area contributed by atoms with Gasteiger partial charge in [0, 0.05) is 11.6 Å². The molecule has 2 aliphatic rings. The van der Waals surface area contributed by atoms with E-state index >= 15 is 0 Å². The fourth-order valence-electron chi connectivity index (χ4n) is 2.75. The molecule has 1 heterocycles. The third-order valence-electron chi connectivity index (χ3n) is 4.27. The van der Waals surface area contributed by atoms with Gasteiger partial charge in [-0.3, -0.25) is 4.79 Å². The van der Waals surface area contributed by atoms with E-state index < -0.39 is 12.1 Å². The van der Waals surface area contributed by atoms with Crippen molar-refractivity contribution in [1.29, 1.82) is 0 Å². The van der Waals surface area contributed by atoms with Crippen LogP contribution in [0.1, 0.15) is 34.9 Å². The van der Waals surface area contributed by atoms with Crippen molar-refractivity contribution in [2.75, 3.05) is 13.2 Å². The number of nitrogens with one attached hydrogen (secondary N) is 1. The zero-order chi connectivity index (χ0) is 17.9. The molecule has 134 valence electrons. The van der Waals surface area contributed by atoms with Gasteiger partial charge in [0.05, 0.1) is 5.56 Å². The van der Waals surface area contributed by atoms with E-state index in [9.17, 15) is 9.59 Å². The van der Waals surface area contributed by atoms with Gasteiger partial charge in [0.25, 0.3) is 5.91 Å². The van der Waals surface area contributed by atoms with E-state index in [0.717, 1.165) is 12.8 Å². The Kier molecular flexibility index (Phi) is 4.48. The van der Waals surface area contributed by atoms with Crippen LogP contribution in [-0.4, -0.2) is 31.1 Å². The first-order valence-electron chi connectivity index (χ1n) is 8.66. The van der Waals surface area contributed by atoms with Crippen molar-refractivity contribution >= 4 is 11.9 Å². The first kappa shape index (κ1) is 16.4. The molecule has 1 aliphatic heterocycles. The van der Waals surface area contributed by atoms with E-state index in [1.54, 1.807) is 30.3 Å². The van der Waals surface area contributed by atoms with E-state index in [1.807, 2.05) is 18.2 Å². The van der Waals surface area contributed by atoms with Gasteiger partial charge in [0.1, 0.15) is 13.2 Å². The van der Waals surface area contributed by atoms with Crippen LogP contribution in [0, 0.1) is 0 Å². The van der Waals surface area contributed by atoms with Crippen LogP contribution in [0.25, 0.3) is 0 Å². The van der Waals surface area contributed by atoms with Gasteiger partial charge in [-0.2, -0.15) is 0 Å². The molecule has 1 amide bonds. The molecule has 2 aromatic rings. The Morgan fingerprint density at radius 1 is 1.00 bits per heavy atom. The summed E-state index contributed by atoms with van der Waals surface area (Å²) in [4.78, 5) is 25.2. The highest BCUT2D eigenvalue weighted by Gasteiger charge is 2.31. The van der Waals surface area contributed by atoms with Crippen molar-refractivity contribution in [2.24, 2.45) is 0 Å². The van der Waals surface area contributed by atoms with Crippen molar-refractivity contribution in [3.63, 3.8) is 0 Å². The molecule has 0 radical (unpaired) electrons. The lowest BCUT2D eigenvalue weighted by atomic mass is 10.1. The summed E-state index contributed by atoms with van der Waals surface area (Å²) in [6, 6.07) is 14.1. The fraction of sp³-hybridized carbons (Fsp3) is 0.300. The Morgan fingerprint density at radius 2 is 1.73 bits per heavy atom. The molecule has 0 saturated heterocycles. The van der Waals surface area contributed by atoms with Crippen LogP contribution in [0.2, 0.25) is 0 Å². The molecule has 6 nitrogen and oxygen atoms in total. The van der Waals surface area contributed by atoms with Gasteiger partial charge in [-0.15, -0.1) is 0 Å². The first-order chi connectivity index (χ1) is 12.7. The lowest BCUT2D eigenvalue weighted by Gasteiger charge is -2.20. The summed E-state index contributed by atoms with van der Waals surface area (Å²) in [5, 5.41) is 2.90. The van der Waals surface area contributed by atoms with Crippen molar-refractivity contribution < 1.29 is 23.8 Å². The van der Waals surface area contributed by atoms with Crippen molar-refractivity contribution in [1.82, 2.24) is 5.32 Å². The number of carbonyl (C=O) groups excluding carboxylic acids is 2. The molecule has 1 aliphatic carbocycles. The average Bonchev–Trinajstić information content (AvgIpc) is 3.50. The molecule has 0 bridgehead atoms. The van der Waals surface area contributed by atoms with Crippen molar-refractivity contribution in [2.45, 2.75) is 25.0 Å². The van der Waals surface area contributed by atoms with Crippen LogP contribution in [0.5, 0.6) is 11.5 Å². The third kappa shape index (κ3) is 3.64. The van der Waals surface area contributed by atoms with Crippen LogP contribution in [0.3, 0.4) is 0 Å². The standard InChI is InChI=1S/C20H19NO5/c22-19(21-15-7-8-15)18(13-4-2-1-3-5-13)26-20(23)14-6-9-16-17(12-14)25-11-10-24-16/h1-6,9,12,15,18H,7-8,10-11H2,(H,21,22). The molecule has 26 heavy (non-hydrogen) atoms. The average molecular weight is 353 g/mol. The van der Waals surface area contributed by atoms with Gasteiger partial charge in [-0.25, -0.2) is 4.79 Å². The minimum atomic E-state index is -0.988. The van der Waals surface area contributed by atoms with Crippen LogP contribution in [0.4, 0.5) is 0 Å². The Labute approximate surface area is 151 Å². The normalized spacial score (nSPS) is 16.5. The maximum Gasteiger partial charge on any atom is 0.339 e. The summed E-state index contributed by atoms with van der Waals surface area (Å²) in [5.41, 5.74) is 0.950. The minimum Gasteiger partial charge on any atom is -0.486 e. The predicted molar refractivity (Wildman–Crippen MR) is 93.2 cm³/mol. The summed E-state index contributed by atoms with van der Waals surface area (Å²) in [6.45, 7) is 0.913. The predicted octanol–water partition coefficient (Wildman–Crippen LogP) is 2.63. The van der Waals surface area contributed by atoms with E-state index in [4.69, 9.17) is 14.2 Å². The highest BCUT2D eigenvalue weighted by atomic mass is 16.6. The minimum absolute atomic E-state index is 0.182. The molecular formula is C20H19NO5. The molecule has 1 atom stereocenters. The van der Waals surface area contributed by atoms with Gasteiger partial charge in [0.2, 0.25) is 6.10 Å². The number of hydrogen-bond donors (Lipinski definition) is 1. The molecule has 1 unspecified atom stereocenters. The molecule has 1 fully saturated rings. The Morgan fingerprint density at radius 3 is 2.46 bits per heavy atom. The second-order valence-corrected chi connectivity index (χ2v) is 6.34. The van der Waals surface area contributed by atoms with Gasteiger partial charge >= 0.3 is 5.97 Å². The molecule has 0 aromatic heterocycles. The molecule has 1 saturated carbocycles. The second-order valence-electron chi connectivity index (χ2n) is 6.34. The van der Waals surface area contributed by atoms with Gasteiger partial charge in [-0.1, -0.05) is 30.3 Å². The van der Waals surface area contributed by atoms with Crippen LogP contribution in [0.15, 0.2) is 48.5 Å². The number of ether oxygens (including phenoxy) is 3. The monoisotopic (exact) mass is 353 g/mol. The lowest BCUT2D eigenvalue weighted by molar-refractivity contribution is -0.130. The van der Waals surface area contributed by atoms with E-state index in [1.165, 1.54) is 0 Å². The highest BCUT2D eigenvalue weighted by Crippen LogP contribution is 2.31. The molecular weight excluding hydrogens is 334 g/mol.